The predicted molar refractivity (Wildman–Crippen MR) is 78.0 cm³/mol. The van der Waals surface area contributed by atoms with Gasteiger partial charge in [-0.1, -0.05) is 0 Å². The van der Waals surface area contributed by atoms with E-state index >= 15 is 0 Å². The SMILES string of the molecule is COc1ccc(C#N)cc1Cn1cncc(I)c1=O. The lowest BCUT2D eigenvalue weighted by molar-refractivity contribution is 0.408. The van der Waals surface area contributed by atoms with Gasteiger partial charge in [0.15, 0.2) is 0 Å². The molecule has 0 aliphatic carbocycles. The molecule has 0 bridgehead atoms. The molecule has 0 aliphatic rings. The Kier molecular flexibility index (Phi) is 4.16. The first-order chi connectivity index (χ1) is 9.15. The summed E-state index contributed by atoms with van der Waals surface area (Å²) in [7, 11) is 1.56. The maximum atomic E-state index is 11.9. The van der Waals surface area contributed by atoms with Crippen LogP contribution in [0.2, 0.25) is 0 Å². The number of hydrogen-bond acceptors (Lipinski definition) is 4. The van der Waals surface area contributed by atoms with Gasteiger partial charge in [-0.3, -0.25) is 9.36 Å². The Morgan fingerprint density at radius 3 is 3.00 bits per heavy atom. The van der Waals surface area contributed by atoms with Gasteiger partial charge in [0.1, 0.15) is 5.75 Å². The fourth-order valence-corrected chi connectivity index (χ4v) is 2.16. The number of nitrogens with zero attached hydrogens (tertiary/aromatic N) is 3. The van der Waals surface area contributed by atoms with Crippen LogP contribution in [-0.2, 0) is 6.54 Å². The second kappa shape index (κ2) is 5.84. The van der Waals surface area contributed by atoms with E-state index in [9.17, 15) is 4.79 Å². The Morgan fingerprint density at radius 1 is 1.53 bits per heavy atom. The average Bonchev–Trinajstić information content (AvgIpc) is 2.43. The van der Waals surface area contributed by atoms with E-state index in [0.29, 0.717) is 21.4 Å². The number of aromatic nitrogens is 2. The summed E-state index contributed by atoms with van der Waals surface area (Å²) in [4.78, 5) is 15.9. The summed E-state index contributed by atoms with van der Waals surface area (Å²) in [6.07, 6.45) is 2.99. The molecule has 0 spiro atoms. The van der Waals surface area contributed by atoms with Crippen molar-refractivity contribution in [1.29, 1.82) is 5.26 Å². The van der Waals surface area contributed by atoms with Gasteiger partial charge in [0.25, 0.3) is 5.56 Å². The number of nitriles is 1. The number of ether oxygens (including phenoxy) is 1. The van der Waals surface area contributed by atoms with Crippen molar-refractivity contribution in [2.24, 2.45) is 0 Å². The van der Waals surface area contributed by atoms with E-state index in [0.717, 1.165) is 5.56 Å². The van der Waals surface area contributed by atoms with Crippen LogP contribution in [0.15, 0.2) is 35.5 Å². The molecular formula is C13H10IN3O2. The van der Waals surface area contributed by atoms with Gasteiger partial charge >= 0.3 is 0 Å². The molecule has 0 fully saturated rings. The normalized spacial score (nSPS) is 9.95. The lowest BCUT2D eigenvalue weighted by Gasteiger charge is -2.10. The first-order valence-corrected chi connectivity index (χ1v) is 6.50. The molecule has 2 aromatic rings. The molecule has 1 heterocycles. The van der Waals surface area contributed by atoms with Gasteiger partial charge in [0.2, 0.25) is 0 Å². The molecule has 2 rings (SSSR count). The van der Waals surface area contributed by atoms with Crippen molar-refractivity contribution < 1.29 is 4.74 Å². The minimum Gasteiger partial charge on any atom is -0.496 e. The van der Waals surface area contributed by atoms with E-state index in [2.05, 4.69) is 11.1 Å². The highest BCUT2D eigenvalue weighted by Crippen LogP contribution is 2.20. The molecule has 5 nitrogen and oxygen atoms in total. The van der Waals surface area contributed by atoms with Crippen LogP contribution in [0.25, 0.3) is 0 Å². The van der Waals surface area contributed by atoms with Gasteiger partial charge < -0.3 is 4.74 Å². The smallest absolute Gasteiger partial charge is 0.267 e. The highest BCUT2D eigenvalue weighted by molar-refractivity contribution is 14.1. The second-order valence-electron chi connectivity index (χ2n) is 3.81. The third kappa shape index (κ3) is 2.93. The zero-order chi connectivity index (χ0) is 13.8. The van der Waals surface area contributed by atoms with Crippen molar-refractivity contribution >= 4 is 22.6 Å². The zero-order valence-electron chi connectivity index (χ0n) is 10.1. The molecule has 19 heavy (non-hydrogen) atoms. The summed E-state index contributed by atoms with van der Waals surface area (Å²) in [5, 5.41) is 8.92. The summed E-state index contributed by atoms with van der Waals surface area (Å²) < 4.78 is 7.28. The minimum atomic E-state index is -0.111. The topological polar surface area (TPSA) is 67.9 Å². The molecule has 0 N–H and O–H groups in total. The van der Waals surface area contributed by atoms with Crippen molar-refractivity contribution in [1.82, 2.24) is 9.55 Å². The molecule has 0 atom stereocenters. The number of benzene rings is 1. The van der Waals surface area contributed by atoms with E-state index in [1.165, 1.54) is 17.1 Å². The standard InChI is InChI=1S/C13H10IN3O2/c1-19-12-3-2-9(5-15)4-10(12)7-17-8-16-6-11(14)13(17)18/h2-4,6,8H,7H2,1H3. The molecule has 0 radical (unpaired) electrons. The fourth-order valence-electron chi connectivity index (χ4n) is 1.69. The molecule has 0 saturated carbocycles. The van der Waals surface area contributed by atoms with Crippen molar-refractivity contribution in [3.63, 3.8) is 0 Å². The lowest BCUT2D eigenvalue weighted by Crippen LogP contribution is -2.23. The molecular weight excluding hydrogens is 357 g/mol. The molecule has 0 amide bonds. The molecule has 0 unspecified atom stereocenters. The van der Waals surface area contributed by atoms with E-state index in [4.69, 9.17) is 10.00 Å². The molecule has 96 valence electrons. The number of methoxy groups -OCH3 is 1. The predicted octanol–water partition coefficient (Wildman–Crippen LogP) is 1.78. The van der Waals surface area contributed by atoms with Crippen LogP contribution in [0.1, 0.15) is 11.1 Å². The van der Waals surface area contributed by atoms with Crippen molar-refractivity contribution in [2.75, 3.05) is 7.11 Å². The monoisotopic (exact) mass is 367 g/mol. The first kappa shape index (κ1) is 13.5. The first-order valence-electron chi connectivity index (χ1n) is 5.42. The molecule has 6 heteroatoms. The van der Waals surface area contributed by atoms with Gasteiger partial charge in [-0.05, 0) is 40.8 Å². The summed E-state index contributed by atoms with van der Waals surface area (Å²) in [6, 6.07) is 7.18. The quantitative estimate of drug-likeness (QED) is 0.776. The Morgan fingerprint density at radius 2 is 2.32 bits per heavy atom. The Bertz CT molecular complexity index is 704. The van der Waals surface area contributed by atoms with Crippen LogP contribution >= 0.6 is 22.6 Å². The molecule has 1 aromatic carbocycles. The maximum absolute atomic E-state index is 11.9. The van der Waals surface area contributed by atoms with E-state index in [1.807, 2.05) is 22.6 Å². The van der Waals surface area contributed by atoms with E-state index < -0.39 is 0 Å². The van der Waals surface area contributed by atoms with Gasteiger partial charge in [-0.2, -0.15) is 5.26 Å². The number of rotatable bonds is 3. The summed E-state index contributed by atoms with van der Waals surface area (Å²) >= 11 is 1.95. The average molecular weight is 367 g/mol. The molecule has 0 saturated heterocycles. The van der Waals surface area contributed by atoms with Gasteiger partial charge in [0, 0.05) is 11.8 Å². The van der Waals surface area contributed by atoms with Gasteiger partial charge in [-0.25, -0.2) is 4.98 Å². The second-order valence-corrected chi connectivity index (χ2v) is 4.98. The van der Waals surface area contributed by atoms with Gasteiger partial charge in [-0.15, -0.1) is 0 Å². The van der Waals surface area contributed by atoms with Crippen LogP contribution < -0.4 is 10.3 Å². The summed E-state index contributed by atoms with van der Waals surface area (Å²) in [5.41, 5.74) is 1.19. The Labute approximate surface area is 123 Å². The third-order valence-electron chi connectivity index (χ3n) is 2.61. The van der Waals surface area contributed by atoms with Crippen LogP contribution in [0, 0.1) is 14.9 Å². The highest BCUT2D eigenvalue weighted by Gasteiger charge is 2.08. The van der Waals surface area contributed by atoms with Crippen LogP contribution in [-0.4, -0.2) is 16.7 Å². The van der Waals surface area contributed by atoms with E-state index in [-0.39, 0.29) is 5.56 Å². The van der Waals surface area contributed by atoms with Crippen LogP contribution in [0.3, 0.4) is 0 Å². The molecule has 1 aromatic heterocycles. The van der Waals surface area contributed by atoms with Gasteiger partial charge in [0.05, 0.1) is 35.2 Å². The van der Waals surface area contributed by atoms with Crippen LogP contribution in [0.5, 0.6) is 5.75 Å². The summed E-state index contributed by atoms with van der Waals surface area (Å²) in [6.45, 7) is 0.321. The highest BCUT2D eigenvalue weighted by atomic mass is 127. The van der Waals surface area contributed by atoms with E-state index in [1.54, 1.807) is 25.3 Å². The molecule has 0 aliphatic heterocycles. The maximum Gasteiger partial charge on any atom is 0.267 e. The Balaban J connectivity index is 2.45. The third-order valence-corrected chi connectivity index (χ3v) is 3.35. The largest absolute Gasteiger partial charge is 0.496 e. The lowest BCUT2D eigenvalue weighted by atomic mass is 10.1. The minimum absolute atomic E-state index is 0.111. The number of hydrogen-bond donors (Lipinski definition) is 0. The van der Waals surface area contributed by atoms with Crippen molar-refractivity contribution in [3.8, 4) is 11.8 Å². The van der Waals surface area contributed by atoms with Crippen LogP contribution in [0.4, 0.5) is 0 Å². The zero-order valence-corrected chi connectivity index (χ0v) is 12.3. The number of halogens is 1. The Hall–Kier alpha value is -1.88. The van der Waals surface area contributed by atoms with Crippen molar-refractivity contribution in [3.05, 3.63) is 55.8 Å². The summed E-state index contributed by atoms with van der Waals surface area (Å²) in [5.74, 6) is 0.643. The van der Waals surface area contributed by atoms with Crippen molar-refractivity contribution in [2.45, 2.75) is 6.54 Å². The fraction of sp³-hybridized carbons (Fsp3) is 0.154.